The number of unbranched alkanes of at least 4 members (excludes halogenated alkanes) is 49. The molecule has 0 amide bonds. The number of carbonyl (C=O) groups excluding carboxylic acids is 4. The highest BCUT2D eigenvalue weighted by Crippen LogP contribution is 2.45. The number of hydrogen-bond donors (Lipinski definition) is 3. The number of carbonyl (C=O) groups is 4. The van der Waals surface area contributed by atoms with Gasteiger partial charge in [-0.15, -0.1) is 0 Å². The molecule has 17 nitrogen and oxygen atoms in total. The van der Waals surface area contributed by atoms with Gasteiger partial charge in [-0.25, -0.2) is 9.13 Å². The molecule has 0 radical (unpaired) electrons. The molecule has 0 aliphatic rings. The molecule has 0 fully saturated rings. The molecule has 0 aliphatic carbocycles. The predicted molar refractivity (Wildman–Crippen MR) is 446 cm³/mol. The van der Waals surface area contributed by atoms with E-state index in [1.165, 1.54) is 263 Å². The van der Waals surface area contributed by atoms with Crippen LogP contribution in [0.3, 0.4) is 0 Å². The molecule has 19 heteroatoms. The average Bonchev–Trinajstić information content (AvgIpc) is 0.901. The van der Waals surface area contributed by atoms with Gasteiger partial charge in [0.15, 0.2) is 12.2 Å². The van der Waals surface area contributed by atoms with Crippen LogP contribution in [0.25, 0.3) is 0 Å². The van der Waals surface area contributed by atoms with Crippen molar-refractivity contribution in [1.82, 2.24) is 0 Å². The van der Waals surface area contributed by atoms with Crippen LogP contribution < -0.4 is 0 Å². The maximum atomic E-state index is 13.2. The molecular weight excluding hydrogens is 1400 g/mol. The zero-order valence-electron chi connectivity index (χ0n) is 71.5. The standard InChI is InChI=1S/C89H174O17P2/c1-9-80(6)66-58-50-42-36-30-24-20-16-12-14-18-22-26-32-38-44-53-61-69-86(91)99-75-84(105-88(93)71-63-55-45-39-33-27-23-19-15-13-17-21-25-31-37-43-51-59-67-81(7)10-2)77-103-107(95,96)101-73-83(90)74-102-108(97,98)104-78-85(76-100-87(92)70-62-54-48-47-52-60-68-82(8)11-3)106-89(94)72-64-56-46-40-34-28-29-35-41-49-57-65-79(4)5/h79-85,90H,9-78H2,1-8H3,(H,95,96)(H,97,98)/t80?,81?,82?,83-,84-,85-/m1/s1. The van der Waals surface area contributed by atoms with Crippen LogP contribution in [-0.4, -0.2) is 96.7 Å². The largest absolute Gasteiger partial charge is 0.472 e. The summed E-state index contributed by atoms with van der Waals surface area (Å²) < 4.78 is 68.9. The van der Waals surface area contributed by atoms with Gasteiger partial charge in [-0.2, -0.15) is 0 Å². The van der Waals surface area contributed by atoms with Gasteiger partial charge in [-0.1, -0.05) is 415 Å². The lowest BCUT2D eigenvalue weighted by molar-refractivity contribution is -0.161. The Kier molecular flexibility index (Phi) is 76.2. The number of esters is 4. The topological polar surface area (TPSA) is 237 Å². The van der Waals surface area contributed by atoms with Crippen LogP contribution in [-0.2, 0) is 65.4 Å². The summed E-state index contributed by atoms with van der Waals surface area (Å²) in [5, 5.41) is 10.7. The number of ether oxygens (including phenoxy) is 4. The second-order valence-electron chi connectivity index (χ2n) is 33.2. The van der Waals surface area contributed by atoms with E-state index in [1.807, 2.05) is 0 Å². The van der Waals surface area contributed by atoms with Crippen molar-refractivity contribution in [1.29, 1.82) is 0 Å². The van der Waals surface area contributed by atoms with Gasteiger partial charge in [0, 0.05) is 25.7 Å². The van der Waals surface area contributed by atoms with Gasteiger partial charge in [0.1, 0.15) is 19.3 Å². The summed E-state index contributed by atoms with van der Waals surface area (Å²) in [4.78, 5) is 73.3. The number of rotatable bonds is 86. The van der Waals surface area contributed by atoms with Crippen molar-refractivity contribution in [3.05, 3.63) is 0 Å². The van der Waals surface area contributed by atoms with E-state index in [2.05, 4.69) is 55.4 Å². The third kappa shape index (κ3) is 78.0. The fraction of sp³-hybridized carbons (Fsp3) is 0.955. The van der Waals surface area contributed by atoms with Crippen molar-refractivity contribution < 1.29 is 80.2 Å². The Morgan fingerprint density at radius 2 is 0.444 bits per heavy atom. The highest BCUT2D eigenvalue weighted by atomic mass is 31.2. The van der Waals surface area contributed by atoms with Crippen molar-refractivity contribution in [2.45, 2.75) is 485 Å². The first-order valence-electron chi connectivity index (χ1n) is 45.8. The fourth-order valence-corrected chi connectivity index (χ4v) is 15.3. The van der Waals surface area contributed by atoms with Crippen LogP contribution in [0, 0.1) is 23.7 Å². The Labute approximate surface area is 664 Å². The molecule has 642 valence electrons. The van der Waals surface area contributed by atoms with E-state index in [0.717, 1.165) is 120 Å². The van der Waals surface area contributed by atoms with Gasteiger partial charge >= 0.3 is 39.5 Å². The molecule has 108 heavy (non-hydrogen) atoms. The number of aliphatic hydroxyl groups is 1. The summed E-state index contributed by atoms with van der Waals surface area (Å²) in [5.74, 6) is 1.13. The smallest absolute Gasteiger partial charge is 0.462 e. The Morgan fingerprint density at radius 1 is 0.259 bits per heavy atom. The summed E-state index contributed by atoms with van der Waals surface area (Å²) in [7, 11) is -9.93. The molecular formula is C89H174O17P2. The molecule has 3 N–H and O–H groups in total. The lowest BCUT2D eigenvalue weighted by atomic mass is 9.99. The average molecular weight is 1580 g/mol. The molecule has 0 saturated heterocycles. The van der Waals surface area contributed by atoms with Gasteiger partial charge in [0.25, 0.3) is 0 Å². The van der Waals surface area contributed by atoms with Crippen LogP contribution in [0.5, 0.6) is 0 Å². The molecule has 0 rings (SSSR count). The van der Waals surface area contributed by atoms with E-state index < -0.39 is 97.5 Å². The molecule has 0 spiro atoms. The quantitative estimate of drug-likeness (QED) is 0.0222. The van der Waals surface area contributed by atoms with Crippen LogP contribution >= 0.6 is 15.6 Å². The Hall–Kier alpha value is -1.94. The second-order valence-corrected chi connectivity index (χ2v) is 36.1. The van der Waals surface area contributed by atoms with Crippen molar-refractivity contribution in [3.63, 3.8) is 0 Å². The molecule has 0 saturated carbocycles. The van der Waals surface area contributed by atoms with Crippen molar-refractivity contribution in [2.75, 3.05) is 39.6 Å². The van der Waals surface area contributed by atoms with Crippen molar-refractivity contribution in [3.8, 4) is 0 Å². The Balaban J connectivity index is 5.21. The molecule has 0 aromatic rings. The minimum absolute atomic E-state index is 0.106. The van der Waals surface area contributed by atoms with Crippen LogP contribution in [0.15, 0.2) is 0 Å². The molecule has 0 aromatic carbocycles. The number of hydrogen-bond acceptors (Lipinski definition) is 15. The highest BCUT2D eigenvalue weighted by Gasteiger charge is 2.31. The van der Waals surface area contributed by atoms with Crippen LogP contribution in [0.4, 0.5) is 0 Å². The fourth-order valence-electron chi connectivity index (χ4n) is 13.8. The summed E-state index contributed by atoms with van der Waals surface area (Å²) in [6.07, 6.45) is 68.1. The molecule has 5 unspecified atom stereocenters. The van der Waals surface area contributed by atoms with Crippen molar-refractivity contribution >= 4 is 39.5 Å². The van der Waals surface area contributed by atoms with Crippen molar-refractivity contribution in [2.24, 2.45) is 23.7 Å². The van der Waals surface area contributed by atoms with E-state index >= 15 is 0 Å². The molecule has 0 heterocycles. The van der Waals surface area contributed by atoms with E-state index in [4.69, 9.17) is 37.0 Å². The molecule has 0 aliphatic heterocycles. The second kappa shape index (κ2) is 77.6. The van der Waals surface area contributed by atoms with Gasteiger partial charge in [0.2, 0.25) is 0 Å². The normalized spacial score (nSPS) is 14.6. The summed E-state index contributed by atoms with van der Waals surface area (Å²) in [6, 6.07) is 0. The van der Waals surface area contributed by atoms with E-state index in [9.17, 15) is 43.2 Å². The van der Waals surface area contributed by atoms with E-state index in [1.54, 1.807) is 0 Å². The van der Waals surface area contributed by atoms with Gasteiger partial charge in [-0.3, -0.25) is 37.3 Å². The third-order valence-electron chi connectivity index (χ3n) is 21.9. The third-order valence-corrected chi connectivity index (χ3v) is 23.8. The molecule has 0 aromatic heterocycles. The number of aliphatic hydroxyl groups excluding tert-OH is 1. The minimum atomic E-state index is -4.97. The maximum Gasteiger partial charge on any atom is 0.472 e. The summed E-state index contributed by atoms with van der Waals surface area (Å²) >= 11 is 0. The zero-order chi connectivity index (χ0) is 79.5. The first-order valence-corrected chi connectivity index (χ1v) is 48.8. The number of phosphoric acid groups is 2. The van der Waals surface area contributed by atoms with Crippen LogP contribution in [0.2, 0.25) is 0 Å². The monoisotopic (exact) mass is 1580 g/mol. The van der Waals surface area contributed by atoms with E-state index in [0.29, 0.717) is 25.7 Å². The van der Waals surface area contributed by atoms with Gasteiger partial charge in [-0.05, 0) is 49.4 Å². The SMILES string of the molecule is CCC(C)CCCCCCCCCCCCCCCCCCCCC(=O)OC[C@H](COP(=O)(O)OC[C@@H](O)COP(=O)(O)OC[C@@H](COC(=O)CCCCCCCCC(C)CC)OC(=O)CCCCCCCCCCCCCC(C)C)OC(=O)CCCCCCCCCCCCCCCCCCCCC(C)CC. The highest BCUT2D eigenvalue weighted by molar-refractivity contribution is 7.47. The first kappa shape index (κ1) is 106. The maximum absolute atomic E-state index is 13.2. The van der Waals surface area contributed by atoms with Gasteiger partial charge < -0.3 is 33.8 Å². The minimum Gasteiger partial charge on any atom is -0.462 e. The number of phosphoric ester groups is 2. The summed E-state index contributed by atoms with van der Waals surface area (Å²) in [6.45, 7) is 14.4. The Morgan fingerprint density at radius 3 is 0.657 bits per heavy atom. The lowest BCUT2D eigenvalue weighted by Crippen LogP contribution is -2.30. The lowest BCUT2D eigenvalue weighted by Gasteiger charge is -2.21. The summed E-state index contributed by atoms with van der Waals surface area (Å²) in [5.41, 5.74) is 0. The predicted octanol–water partition coefficient (Wildman–Crippen LogP) is 27.1. The molecule has 0 bridgehead atoms. The Bertz CT molecular complexity index is 2100. The first-order chi connectivity index (χ1) is 52.2. The zero-order valence-corrected chi connectivity index (χ0v) is 73.3. The molecule has 8 atom stereocenters. The van der Waals surface area contributed by atoms with Crippen LogP contribution in [0.1, 0.15) is 466 Å². The van der Waals surface area contributed by atoms with E-state index in [-0.39, 0.29) is 25.7 Å². The van der Waals surface area contributed by atoms with Gasteiger partial charge in [0.05, 0.1) is 26.4 Å².